The number of aromatic nitrogens is 1. The Kier molecular flexibility index (Phi) is 5.14. The third-order valence-corrected chi connectivity index (χ3v) is 4.88. The van der Waals surface area contributed by atoms with Crippen LogP contribution >= 0.6 is 22.9 Å². The lowest BCUT2D eigenvalue weighted by atomic mass is 10.0. The molecule has 2 N–H and O–H groups in total. The van der Waals surface area contributed by atoms with Gasteiger partial charge in [-0.25, -0.2) is 4.98 Å². The molecule has 0 amide bonds. The van der Waals surface area contributed by atoms with Crippen LogP contribution in [-0.4, -0.2) is 15.8 Å². The fraction of sp³-hybridized carbons (Fsp3) is 0.222. The number of nitrogens with zero attached hydrogens (tertiary/aromatic N) is 2. The molecular formula is C18H18ClN3OS. The Hall–Kier alpha value is -1.95. The molecule has 0 spiro atoms. The molecule has 0 saturated heterocycles. The molecule has 0 bridgehead atoms. The van der Waals surface area contributed by atoms with E-state index in [0.29, 0.717) is 15.7 Å². The second-order valence-corrected chi connectivity index (χ2v) is 6.95. The number of hydrogen-bond acceptors (Lipinski definition) is 5. The number of hydrogen-bond donors (Lipinski definition) is 2. The lowest BCUT2D eigenvalue weighted by molar-refractivity contribution is 0.221. The Morgan fingerprint density at radius 2 is 2.08 bits per heavy atom. The molecule has 0 aliphatic rings. The van der Waals surface area contributed by atoms with Gasteiger partial charge in [0.25, 0.3) is 0 Å². The van der Waals surface area contributed by atoms with E-state index in [4.69, 9.17) is 11.6 Å². The standard InChI is InChI=1S/C18H18ClN3OS/c1-3-11(2)21-22-18-20-16-14(9-13(19)10-15(16)24-18)17(23)12-7-5-4-6-8-12/h4-10,17,23H,3H2,1-2H3,(H,20,22)/b21-11-/t17-/m0/s1. The minimum absolute atomic E-state index is 0.580. The molecule has 0 aliphatic heterocycles. The molecule has 0 aliphatic carbocycles. The van der Waals surface area contributed by atoms with Crippen molar-refractivity contribution in [2.24, 2.45) is 5.10 Å². The van der Waals surface area contributed by atoms with E-state index in [-0.39, 0.29) is 0 Å². The maximum Gasteiger partial charge on any atom is 0.204 e. The van der Waals surface area contributed by atoms with Crippen LogP contribution in [0.15, 0.2) is 47.6 Å². The number of benzene rings is 2. The van der Waals surface area contributed by atoms with Crippen molar-refractivity contribution in [1.29, 1.82) is 0 Å². The van der Waals surface area contributed by atoms with Gasteiger partial charge in [-0.15, -0.1) is 0 Å². The Labute approximate surface area is 149 Å². The highest BCUT2D eigenvalue weighted by Gasteiger charge is 2.17. The van der Waals surface area contributed by atoms with E-state index in [9.17, 15) is 5.11 Å². The summed E-state index contributed by atoms with van der Waals surface area (Å²) in [6.07, 6.45) is 0.102. The van der Waals surface area contributed by atoms with Gasteiger partial charge in [-0.1, -0.05) is 60.2 Å². The van der Waals surface area contributed by atoms with Gasteiger partial charge in [0.15, 0.2) is 0 Å². The summed E-state index contributed by atoms with van der Waals surface area (Å²) in [5.74, 6) is 0. The zero-order valence-electron chi connectivity index (χ0n) is 13.5. The Balaban J connectivity index is 2.03. The smallest absolute Gasteiger partial charge is 0.204 e. The van der Waals surface area contributed by atoms with Crippen molar-refractivity contribution < 1.29 is 5.11 Å². The van der Waals surface area contributed by atoms with Crippen molar-refractivity contribution in [3.05, 3.63) is 58.6 Å². The number of rotatable bonds is 5. The summed E-state index contributed by atoms with van der Waals surface area (Å²) in [7, 11) is 0. The molecule has 1 atom stereocenters. The second-order valence-electron chi connectivity index (χ2n) is 5.49. The lowest BCUT2D eigenvalue weighted by Crippen LogP contribution is -2.00. The van der Waals surface area contributed by atoms with Gasteiger partial charge in [-0.2, -0.15) is 5.10 Å². The average Bonchev–Trinajstić information content (AvgIpc) is 3.01. The monoisotopic (exact) mass is 359 g/mol. The van der Waals surface area contributed by atoms with Gasteiger partial charge in [0.05, 0.1) is 10.2 Å². The molecule has 0 saturated carbocycles. The van der Waals surface area contributed by atoms with Crippen LogP contribution in [0.4, 0.5) is 5.13 Å². The van der Waals surface area contributed by atoms with E-state index in [0.717, 1.165) is 27.9 Å². The number of halogens is 1. The summed E-state index contributed by atoms with van der Waals surface area (Å²) in [6.45, 7) is 4.01. The van der Waals surface area contributed by atoms with Gasteiger partial charge < -0.3 is 5.11 Å². The van der Waals surface area contributed by atoms with Gasteiger partial charge in [-0.3, -0.25) is 5.43 Å². The van der Waals surface area contributed by atoms with Gasteiger partial charge in [0.1, 0.15) is 6.10 Å². The molecule has 3 aromatic rings. The van der Waals surface area contributed by atoms with Crippen LogP contribution in [-0.2, 0) is 0 Å². The van der Waals surface area contributed by atoms with Gasteiger partial charge in [0.2, 0.25) is 5.13 Å². The molecule has 0 unspecified atom stereocenters. The van der Waals surface area contributed by atoms with Gasteiger partial charge in [0, 0.05) is 16.3 Å². The van der Waals surface area contributed by atoms with Crippen molar-refractivity contribution in [3.63, 3.8) is 0 Å². The topological polar surface area (TPSA) is 57.5 Å². The number of nitrogens with one attached hydrogen (secondary N) is 1. The average molecular weight is 360 g/mol. The summed E-state index contributed by atoms with van der Waals surface area (Å²) < 4.78 is 0.916. The number of thiazole rings is 1. The van der Waals surface area contributed by atoms with Crippen LogP contribution in [0.5, 0.6) is 0 Å². The van der Waals surface area contributed by atoms with Crippen LogP contribution < -0.4 is 5.43 Å². The summed E-state index contributed by atoms with van der Waals surface area (Å²) in [5, 5.41) is 16.3. The first-order valence-electron chi connectivity index (χ1n) is 7.70. The highest BCUT2D eigenvalue weighted by molar-refractivity contribution is 7.22. The van der Waals surface area contributed by atoms with E-state index in [2.05, 4.69) is 15.5 Å². The van der Waals surface area contributed by atoms with Crippen LogP contribution in [0.25, 0.3) is 10.2 Å². The number of aliphatic hydroxyl groups is 1. The summed E-state index contributed by atoms with van der Waals surface area (Å²) in [4.78, 5) is 4.59. The molecular weight excluding hydrogens is 342 g/mol. The third kappa shape index (κ3) is 3.59. The Morgan fingerprint density at radius 1 is 1.33 bits per heavy atom. The van der Waals surface area contributed by atoms with Crippen LogP contribution in [0.3, 0.4) is 0 Å². The first-order valence-corrected chi connectivity index (χ1v) is 8.90. The maximum atomic E-state index is 10.7. The number of fused-ring (bicyclic) bond motifs is 1. The van der Waals surface area contributed by atoms with E-state index < -0.39 is 6.10 Å². The molecule has 6 heteroatoms. The molecule has 1 aromatic heterocycles. The van der Waals surface area contributed by atoms with Crippen molar-refractivity contribution in [2.45, 2.75) is 26.4 Å². The van der Waals surface area contributed by atoms with Crippen LogP contribution in [0.2, 0.25) is 5.02 Å². The number of aliphatic hydroxyl groups excluding tert-OH is 1. The van der Waals surface area contributed by atoms with E-state index in [1.807, 2.05) is 50.2 Å². The SMILES string of the molecule is CC/C(C)=N\Nc1nc2c([C@@H](O)c3ccccc3)cc(Cl)cc2s1. The van der Waals surface area contributed by atoms with E-state index in [1.54, 1.807) is 6.07 Å². The summed E-state index contributed by atoms with van der Waals surface area (Å²) >= 11 is 7.70. The third-order valence-electron chi connectivity index (χ3n) is 3.75. The Morgan fingerprint density at radius 3 is 2.79 bits per heavy atom. The van der Waals surface area contributed by atoms with E-state index in [1.165, 1.54) is 11.3 Å². The molecule has 0 fully saturated rings. The predicted octanol–water partition coefficient (Wildman–Crippen LogP) is 5.23. The molecule has 3 rings (SSSR count). The van der Waals surface area contributed by atoms with Crippen molar-refractivity contribution in [1.82, 2.24) is 4.98 Å². The predicted molar refractivity (Wildman–Crippen MR) is 102 cm³/mol. The molecule has 24 heavy (non-hydrogen) atoms. The first kappa shape index (κ1) is 16.9. The second kappa shape index (κ2) is 7.30. The first-order chi connectivity index (χ1) is 11.6. The van der Waals surface area contributed by atoms with Crippen LogP contribution in [0.1, 0.15) is 37.5 Å². The number of anilines is 1. The highest BCUT2D eigenvalue weighted by Crippen LogP contribution is 2.36. The Bertz CT molecular complexity index is 877. The van der Waals surface area contributed by atoms with Gasteiger partial charge >= 0.3 is 0 Å². The van der Waals surface area contributed by atoms with Crippen molar-refractivity contribution in [3.8, 4) is 0 Å². The molecule has 124 valence electrons. The van der Waals surface area contributed by atoms with E-state index >= 15 is 0 Å². The minimum atomic E-state index is -0.775. The molecule has 2 aromatic carbocycles. The number of hydrazone groups is 1. The molecule has 4 nitrogen and oxygen atoms in total. The summed E-state index contributed by atoms with van der Waals surface area (Å²) in [5.41, 5.74) is 6.23. The van der Waals surface area contributed by atoms with Crippen LogP contribution in [0, 0.1) is 0 Å². The lowest BCUT2D eigenvalue weighted by Gasteiger charge is -2.12. The zero-order chi connectivity index (χ0) is 17.1. The fourth-order valence-corrected chi connectivity index (χ4v) is 3.49. The maximum absolute atomic E-state index is 10.7. The van der Waals surface area contributed by atoms with Gasteiger partial charge in [-0.05, 0) is 31.0 Å². The van der Waals surface area contributed by atoms with Crippen molar-refractivity contribution >= 4 is 44.0 Å². The normalized spacial score (nSPS) is 13.2. The molecule has 1 heterocycles. The minimum Gasteiger partial charge on any atom is -0.384 e. The molecule has 0 radical (unpaired) electrons. The quantitative estimate of drug-likeness (QED) is 0.484. The highest BCUT2D eigenvalue weighted by atomic mass is 35.5. The largest absolute Gasteiger partial charge is 0.384 e. The summed E-state index contributed by atoms with van der Waals surface area (Å²) in [6, 6.07) is 13.1. The fourth-order valence-electron chi connectivity index (χ4n) is 2.31. The zero-order valence-corrected chi connectivity index (χ0v) is 15.0. The van der Waals surface area contributed by atoms with Crippen molar-refractivity contribution in [2.75, 3.05) is 5.43 Å².